The zero-order chi connectivity index (χ0) is 18.8. The van der Waals surface area contributed by atoms with E-state index >= 15 is 0 Å². The van der Waals surface area contributed by atoms with Crippen molar-refractivity contribution in [2.75, 3.05) is 20.8 Å². The number of hydrogen-bond acceptors (Lipinski definition) is 4. The third-order valence-electron chi connectivity index (χ3n) is 5.84. The monoisotopic (exact) mass is 361 g/mol. The Morgan fingerprint density at radius 1 is 1.23 bits per heavy atom. The Labute approximate surface area is 154 Å². The summed E-state index contributed by atoms with van der Waals surface area (Å²) in [4.78, 5) is 26.4. The van der Waals surface area contributed by atoms with Crippen LogP contribution in [0.15, 0.2) is 18.2 Å². The zero-order valence-electron chi connectivity index (χ0n) is 15.6. The Bertz CT molecular complexity index is 689. The molecule has 0 radical (unpaired) electrons. The second-order valence-electron chi connectivity index (χ2n) is 7.42. The van der Waals surface area contributed by atoms with E-state index in [0.717, 1.165) is 24.8 Å². The van der Waals surface area contributed by atoms with Gasteiger partial charge in [0, 0.05) is 12.5 Å². The third kappa shape index (κ3) is 3.37. The number of carbonyl (C=O) groups excluding carboxylic acids is 1. The fourth-order valence-corrected chi connectivity index (χ4v) is 4.58. The van der Waals surface area contributed by atoms with E-state index in [4.69, 9.17) is 9.47 Å². The van der Waals surface area contributed by atoms with Gasteiger partial charge in [-0.15, -0.1) is 0 Å². The first-order valence-corrected chi connectivity index (χ1v) is 9.20. The van der Waals surface area contributed by atoms with Crippen molar-refractivity contribution in [2.45, 2.75) is 38.6 Å². The number of aliphatic carboxylic acids is 1. The highest BCUT2D eigenvalue weighted by molar-refractivity contribution is 5.86. The number of fused-ring (bicyclic) bond motifs is 1. The van der Waals surface area contributed by atoms with Crippen molar-refractivity contribution in [1.82, 2.24) is 4.90 Å². The molecule has 2 aliphatic rings. The second-order valence-corrected chi connectivity index (χ2v) is 7.42. The largest absolute Gasteiger partial charge is 0.493 e. The van der Waals surface area contributed by atoms with Gasteiger partial charge in [-0.05, 0) is 48.8 Å². The predicted molar refractivity (Wildman–Crippen MR) is 96.4 cm³/mol. The molecular formula is C20H27NO5. The van der Waals surface area contributed by atoms with E-state index in [1.54, 1.807) is 19.1 Å². The second kappa shape index (κ2) is 7.56. The van der Waals surface area contributed by atoms with Gasteiger partial charge in [0.15, 0.2) is 11.5 Å². The molecule has 142 valence electrons. The van der Waals surface area contributed by atoms with Crippen LogP contribution in [-0.4, -0.2) is 48.7 Å². The molecule has 2 fully saturated rings. The SMILES string of the molecule is COc1ccc(CC(C)C(=O)N2CC3CCCC3C2C(=O)O)cc1OC. The van der Waals surface area contributed by atoms with E-state index in [9.17, 15) is 14.7 Å². The molecule has 26 heavy (non-hydrogen) atoms. The molecule has 0 aromatic heterocycles. The molecule has 6 nitrogen and oxygen atoms in total. The van der Waals surface area contributed by atoms with E-state index in [2.05, 4.69) is 0 Å². The number of likely N-dealkylation sites (tertiary alicyclic amines) is 1. The summed E-state index contributed by atoms with van der Waals surface area (Å²) >= 11 is 0. The van der Waals surface area contributed by atoms with Gasteiger partial charge in [-0.1, -0.05) is 19.4 Å². The molecule has 1 aromatic carbocycles. The quantitative estimate of drug-likeness (QED) is 0.843. The molecule has 1 aliphatic carbocycles. The molecule has 1 saturated carbocycles. The number of carbonyl (C=O) groups is 2. The number of nitrogens with zero attached hydrogens (tertiary/aromatic N) is 1. The highest BCUT2D eigenvalue weighted by Gasteiger charge is 2.49. The van der Waals surface area contributed by atoms with Crippen LogP contribution in [0.25, 0.3) is 0 Å². The number of benzene rings is 1. The summed E-state index contributed by atoms with van der Waals surface area (Å²) < 4.78 is 10.6. The maximum absolute atomic E-state index is 13.0. The minimum absolute atomic E-state index is 0.0680. The maximum atomic E-state index is 13.0. The number of ether oxygens (including phenoxy) is 2. The van der Waals surface area contributed by atoms with Crippen LogP contribution in [-0.2, 0) is 16.0 Å². The van der Waals surface area contributed by atoms with E-state index in [1.807, 2.05) is 25.1 Å². The fourth-order valence-electron chi connectivity index (χ4n) is 4.58. The average molecular weight is 361 g/mol. The van der Waals surface area contributed by atoms with Gasteiger partial charge >= 0.3 is 5.97 Å². The first kappa shape index (κ1) is 18.5. The van der Waals surface area contributed by atoms with Gasteiger partial charge in [0.25, 0.3) is 0 Å². The molecule has 1 heterocycles. The number of rotatable bonds is 6. The van der Waals surface area contributed by atoms with E-state index in [1.165, 1.54) is 0 Å². The molecule has 1 N–H and O–H groups in total. The summed E-state index contributed by atoms with van der Waals surface area (Å²) in [7, 11) is 3.16. The fraction of sp³-hybridized carbons (Fsp3) is 0.600. The van der Waals surface area contributed by atoms with Crippen molar-refractivity contribution in [3.63, 3.8) is 0 Å². The van der Waals surface area contributed by atoms with Crippen molar-refractivity contribution in [1.29, 1.82) is 0 Å². The lowest BCUT2D eigenvalue weighted by Crippen LogP contribution is -2.45. The average Bonchev–Trinajstić information content (AvgIpc) is 3.21. The number of carboxylic acid groups (broad SMARTS) is 1. The van der Waals surface area contributed by atoms with Crippen LogP contribution in [0.3, 0.4) is 0 Å². The first-order chi connectivity index (χ1) is 12.5. The van der Waals surface area contributed by atoms with Crippen molar-refractivity contribution < 1.29 is 24.2 Å². The molecule has 1 saturated heterocycles. The van der Waals surface area contributed by atoms with E-state index in [0.29, 0.717) is 30.4 Å². The first-order valence-electron chi connectivity index (χ1n) is 9.20. The Balaban J connectivity index is 1.72. The van der Waals surface area contributed by atoms with Crippen molar-refractivity contribution in [3.8, 4) is 11.5 Å². The molecule has 4 unspecified atom stereocenters. The Morgan fingerprint density at radius 2 is 1.96 bits per heavy atom. The zero-order valence-corrected chi connectivity index (χ0v) is 15.6. The van der Waals surface area contributed by atoms with Crippen LogP contribution < -0.4 is 9.47 Å². The van der Waals surface area contributed by atoms with Crippen LogP contribution >= 0.6 is 0 Å². The van der Waals surface area contributed by atoms with Crippen molar-refractivity contribution >= 4 is 11.9 Å². The van der Waals surface area contributed by atoms with Crippen LogP contribution in [0, 0.1) is 17.8 Å². The normalized spacial score (nSPS) is 25.7. The molecule has 3 rings (SSSR count). The smallest absolute Gasteiger partial charge is 0.326 e. The summed E-state index contributed by atoms with van der Waals surface area (Å²) in [5, 5.41) is 9.65. The highest BCUT2D eigenvalue weighted by atomic mass is 16.5. The predicted octanol–water partition coefficient (Wildman–Crippen LogP) is 2.59. The highest BCUT2D eigenvalue weighted by Crippen LogP contribution is 2.42. The number of amides is 1. The van der Waals surface area contributed by atoms with E-state index < -0.39 is 12.0 Å². The number of methoxy groups -OCH3 is 2. The molecule has 0 bridgehead atoms. The number of hydrogen-bond donors (Lipinski definition) is 1. The standard InChI is InChI=1S/C20H27NO5/c1-12(9-13-7-8-16(25-2)17(10-13)26-3)19(22)21-11-14-5-4-6-15(14)18(21)20(23)24/h7-8,10,12,14-15,18H,4-6,9,11H2,1-3H3,(H,23,24). The van der Waals surface area contributed by atoms with Gasteiger partial charge < -0.3 is 19.5 Å². The molecule has 0 spiro atoms. The molecule has 4 atom stereocenters. The molecule has 1 aromatic rings. The summed E-state index contributed by atoms with van der Waals surface area (Å²) in [5.74, 6) is 0.511. The Kier molecular flexibility index (Phi) is 5.39. The molecule has 1 aliphatic heterocycles. The summed E-state index contributed by atoms with van der Waals surface area (Å²) in [6, 6.07) is 4.95. The lowest BCUT2D eigenvalue weighted by Gasteiger charge is -2.27. The van der Waals surface area contributed by atoms with Crippen LogP contribution in [0.5, 0.6) is 11.5 Å². The summed E-state index contributed by atoms with van der Waals surface area (Å²) in [6.45, 7) is 2.45. The van der Waals surface area contributed by atoms with Crippen molar-refractivity contribution in [3.05, 3.63) is 23.8 Å². The summed E-state index contributed by atoms with van der Waals surface area (Å²) in [6.07, 6.45) is 3.55. The number of carboxylic acids is 1. The topological polar surface area (TPSA) is 76.1 Å². The van der Waals surface area contributed by atoms with Gasteiger partial charge in [-0.25, -0.2) is 4.79 Å². The molecular weight excluding hydrogens is 334 g/mol. The Hall–Kier alpha value is -2.24. The van der Waals surface area contributed by atoms with Crippen LogP contribution in [0.4, 0.5) is 0 Å². The van der Waals surface area contributed by atoms with Gasteiger partial charge in [0.2, 0.25) is 5.91 Å². The van der Waals surface area contributed by atoms with Crippen LogP contribution in [0.1, 0.15) is 31.7 Å². The minimum Gasteiger partial charge on any atom is -0.493 e. The van der Waals surface area contributed by atoms with Gasteiger partial charge in [0.05, 0.1) is 14.2 Å². The van der Waals surface area contributed by atoms with Gasteiger partial charge in [0.1, 0.15) is 6.04 Å². The van der Waals surface area contributed by atoms with Gasteiger partial charge in [-0.3, -0.25) is 4.79 Å². The Morgan fingerprint density at radius 3 is 2.62 bits per heavy atom. The van der Waals surface area contributed by atoms with Crippen LogP contribution in [0.2, 0.25) is 0 Å². The lowest BCUT2D eigenvalue weighted by atomic mass is 9.94. The van der Waals surface area contributed by atoms with E-state index in [-0.39, 0.29) is 17.7 Å². The maximum Gasteiger partial charge on any atom is 0.326 e. The molecule has 1 amide bonds. The summed E-state index contributed by atoms with van der Waals surface area (Å²) in [5.41, 5.74) is 0.967. The molecule has 6 heteroatoms. The van der Waals surface area contributed by atoms with Crippen molar-refractivity contribution in [2.24, 2.45) is 17.8 Å². The minimum atomic E-state index is -0.869. The lowest BCUT2D eigenvalue weighted by molar-refractivity contribution is -0.151. The third-order valence-corrected chi connectivity index (χ3v) is 5.84. The van der Waals surface area contributed by atoms with Gasteiger partial charge in [-0.2, -0.15) is 0 Å².